The van der Waals surface area contributed by atoms with E-state index in [0.717, 1.165) is 12.8 Å². The normalized spacial score (nSPS) is 12.1. The number of carbonyl (C=O) groups excluding carboxylic acids is 1. The van der Waals surface area contributed by atoms with Gasteiger partial charge in [-0.05, 0) is 19.8 Å². The monoisotopic (exact) mass is 342 g/mol. The molecule has 0 spiro atoms. The van der Waals surface area contributed by atoms with Gasteiger partial charge >= 0.3 is 11.9 Å². The van der Waals surface area contributed by atoms with Crippen LogP contribution in [0.1, 0.15) is 110 Å². The van der Waals surface area contributed by atoms with Gasteiger partial charge in [0.2, 0.25) is 0 Å². The number of unbranched alkanes of at least 4 members (excludes halogenated alkanes) is 11. The van der Waals surface area contributed by atoms with E-state index in [2.05, 4.69) is 6.92 Å². The zero-order valence-electron chi connectivity index (χ0n) is 15.9. The predicted molar refractivity (Wildman–Crippen MR) is 98.1 cm³/mol. The molecule has 1 unspecified atom stereocenters. The molecule has 24 heavy (non-hydrogen) atoms. The van der Waals surface area contributed by atoms with E-state index in [4.69, 9.17) is 9.84 Å². The topological polar surface area (TPSA) is 63.6 Å². The van der Waals surface area contributed by atoms with Gasteiger partial charge in [0.25, 0.3) is 0 Å². The molecule has 0 bridgehead atoms. The molecule has 0 saturated heterocycles. The van der Waals surface area contributed by atoms with Crippen LogP contribution in [0.4, 0.5) is 0 Å². The summed E-state index contributed by atoms with van der Waals surface area (Å²) in [5.41, 5.74) is 0. The molecule has 0 aromatic rings. The number of hydrogen-bond acceptors (Lipinski definition) is 3. The third kappa shape index (κ3) is 17.3. The van der Waals surface area contributed by atoms with E-state index >= 15 is 0 Å². The number of carboxylic acid groups (broad SMARTS) is 1. The minimum Gasteiger partial charge on any atom is -0.481 e. The summed E-state index contributed by atoms with van der Waals surface area (Å²) in [5, 5.41) is 8.51. The van der Waals surface area contributed by atoms with Crippen LogP contribution >= 0.6 is 0 Å². The van der Waals surface area contributed by atoms with Crippen LogP contribution in [0.15, 0.2) is 0 Å². The third-order valence-corrected chi connectivity index (χ3v) is 4.34. The number of carboxylic acids is 1. The second-order valence-corrected chi connectivity index (χ2v) is 6.87. The lowest BCUT2D eigenvalue weighted by Crippen LogP contribution is -2.15. The molecule has 0 fully saturated rings. The van der Waals surface area contributed by atoms with Gasteiger partial charge in [0.05, 0.1) is 18.9 Å². The van der Waals surface area contributed by atoms with Gasteiger partial charge in [-0.3, -0.25) is 9.59 Å². The number of hydrogen-bond donors (Lipinski definition) is 1. The first kappa shape index (κ1) is 22.9. The van der Waals surface area contributed by atoms with Crippen molar-refractivity contribution < 1.29 is 19.4 Å². The van der Waals surface area contributed by atoms with Crippen molar-refractivity contribution in [2.24, 2.45) is 0 Å². The Labute approximate surface area is 148 Å². The van der Waals surface area contributed by atoms with Crippen molar-refractivity contribution in [3.05, 3.63) is 0 Å². The predicted octanol–water partition coefficient (Wildman–Crippen LogP) is 5.87. The first-order valence-corrected chi connectivity index (χ1v) is 9.97. The third-order valence-electron chi connectivity index (χ3n) is 4.34. The van der Waals surface area contributed by atoms with Crippen LogP contribution in [0.2, 0.25) is 0 Å². The molecule has 0 aliphatic heterocycles. The summed E-state index contributed by atoms with van der Waals surface area (Å²) >= 11 is 0. The minimum atomic E-state index is -0.958. The Morgan fingerprint density at radius 3 is 1.71 bits per heavy atom. The van der Waals surface area contributed by atoms with E-state index in [-0.39, 0.29) is 18.9 Å². The maximum absolute atomic E-state index is 11.4. The van der Waals surface area contributed by atoms with Crippen molar-refractivity contribution in [1.29, 1.82) is 0 Å². The Bertz CT molecular complexity index is 315. The van der Waals surface area contributed by atoms with Crippen LogP contribution in [0, 0.1) is 0 Å². The second-order valence-electron chi connectivity index (χ2n) is 6.87. The zero-order valence-corrected chi connectivity index (χ0v) is 15.9. The lowest BCUT2D eigenvalue weighted by atomic mass is 10.0. The first-order valence-electron chi connectivity index (χ1n) is 9.97. The highest BCUT2D eigenvalue weighted by atomic mass is 16.5. The smallest absolute Gasteiger partial charge is 0.306 e. The zero-order chi connectivity index (χ0) is 18.0. The Hall–Kier alpha value is -1.06. The maximum atomic E-state index is 11.4. The van der Waals surface area contributed by atoms with Crippen molar-refractivity contribution in [3.8, 4) is 0 Å². The number of esters is 1. The number of rotatable bonds is 17. The summed E-state index contributed by atoms with van der Waals surface area (Å²) in [5.74, 6) is -1.36. The Morgan fingerprint density at radius 2 is 1.25 bits per heavy atom. The molecule has 4 nitrogen and oxygen atoms in total. The molecule has 0 heterocycles. The highest BCUT2D eigenvalue weighted by Crippen LogP contribution is 2.13. The van der Waals surface area contributed by atoms with Crippen molar-refractivity contribution in [1.82, 2.24) is 0 Å². The van der Waals surface area contributed by atoms with Gasteiger partial charge in [0.15, 0.2) is 0 Å². The van der Waals surface area contributed by atoms with E-state index < -0.39 is 11.9 Å². The van der Waals surface area contributed by atoms with Crippen molar-refractivity contribution in [2.75, 3.05) is 0 Å². The number of carbonyl (C=O) groups is 2. The quantitative estimate of drug-likeness (QED) is 0.265. The lowest BCUT2D eigenvalue weighted by molar-refractivity contribution is -0.151. The summed E-state index contributed by atoms with van der Waals surface area (Å²) in [6, 6.07) is 0. The van der Waals surface area contributed by atoms with Crippen LogP contribution < -0.4 is 0 Å². The molecule has 0 rings (SSSR count). The summed E-state index contributed by atoms with van der Waals surface area (Å²) in [7, 11) is 0. The van der Waals surface area contributed by atoms with E-state index in [0.29, 0.717) is 0 Å². The van der Waals surface area contributed by atoms with E-state index in [1.54, 1.807) is 0 Å². The van der Waals surface area contributed by atoms with Gasteiger partial charge in [-0.25, -0.2) is 0 Å². The van der Waals surface area contributed by atoms with Gasteiger partial charge in [0, 0.05) is 0 Å². The Balaban J connectivity index is 3.28. The number of aliphatic carboxylic acids is 1. The van der Waals surface area contributed by atoms with Gasteiger partial charge in [-0.2, -0.15) is 0 Å². The van der Waals surface area contributed by atoms with Crippen LogP contribution in [0.3, 0.4) is 0 Å². The fraction of sp³-hybridized carbons (Fsp3) is 0.900. The molecule has 0 aromatic carbocycles. The molecule has 0 aliphatic carbocycles. The fourth-order valence-corrected chi connectivity index (χ4v) is 2.82. The number of ether oxygens (including phenoxy) is 1. The lowest BCUT2D eigenvalue weighted by Gasteiger charge is -2.12. The molecule has 1 atom stereocenters. The van der Waals surface area contributed by atoms with E-state index in [1.165, 1.54) is 70.6 Å². The average molecular weight is 343 g/mol. The van der Waals surface area contributed by atoms with E-state index in [1.807, 2.05) is 6.92 Å². The van der Waals surface area contributed by atoms with Crippen molar-refractivity contribution in [3.63, 3.8) is 0 Å². The molecule has 0 radical (unpaired) electrons. The van der Waals surface area contributed by atoms with Crippen LogP contribution in [-0.4, -0.2) is 23.1 Å². The summed E-state index contributed by atoms with van der Waals surface area (Å²) in [6.45, 7) is 4.14. The Morgan fingerprint density at radius 1 is 0.792 bits per heavy atom. The fourth-order valence-electron chi connectivity index (χ4n) is 2.82. The first-order chi connectivity index (χ1) is 11.6. The Kier molecular flexibility index (Phi) is 16.0. The van der Waals surface area contributed by atoms with Crippen molar-refractivity contribution >= 4 is 11.9 Å². The van der Waals surface area contributed by atoms with Crippen molar-refractivity contribution in [2.45, 2.75) is 116 Å². The molecule has 0 aromatic heterocycles. The molecular weight excluding hydrogens is 304 g/mol. The van der Waals surface area contributed by atoms with Gasteiger partial charge < -0.3 is 9.84 Å². The van der Waals surface area contributed by atoms with Crippen LogP contribution in [-0.2, 0) is 14.3 Å². The average Bonchev–Trinajstić information content (AvgIpc) is 2.54. The van der Waals surface area contributed by atoms with Gasteiger partial charge in [-0.1, -0.05) is 77.6 Å². The van der Waals surface area contributed by atoms with Gasteiger partial charge in [0.1, 0.15) is 0 Å². The summed E-state index contributed by atoms with van der Waals surface area (Å²) in [4.78, 5) is 21.8. The highest BCUT2D eigenvalue weighted by Gasteiger charge is 2.10. The molecule has 0 saturated carbocycles. The van der Waals surface area contributed by atoms with Gasteiger partial charge in [-0.15, -0.1) is 0 Å². The molecule has 142 valence electrons. The van der Waals surface area contributed by atoms with Crippen LogP contribution in [0.25, 0.3) is 0 Å². The molecule has 0 aliphatic rings. The largest absolute Gasteiger partial charge is 0.481 e. The second kappa shape index (κ2) is 16.8. The summed E-state index contributed by atoms with van der Waals surface area (Å²) < 4.78 is 5.20. The van der Waals surface area contributed by atoms with Crippen LogP contribution in [0.5, 0.6) is 0 Å². The molecule has 1 N–H and O–H groups in total. The molecule has 4 heteroatoms. The SMILES string of the molecule is CCCCCCCCCCCCCCC(C)OC(=O)CCC(=O)O. The molecule has 0 amide bonds. The summed E-state index contributed by atoms with van der Waals surface area (Å²) in [6.07, 6.45) is 16.4. The standard InChI is InChI=1S/C20H38O4/c1-3-4-5-6-7-8-9-10-11-12-13-14-15-18(2)24-20(23)17-16-19(21)22/h18H,3-17H2,1-2H3,(H,21,22). The minimum absolute atomic E-state index is 0.0296. The maximum Gasteiger partial charge on any atom is 0.306 e. The molecular formula is C20H38O4. The van der Waals surface area contributed by atoms with E-state index in [9.17, 15) is 9.59 Å². The highest BCUT2D eigenvalue weighted by molar-refractivity contribution is 5.76.